The monoisotopic (exact) mass is 340 g/mol. The molecule has 1 saturated carbocycles. The van der Waals surface area contributed by atoms with Gasteiger partial charge in [0.15, 0.2) is 0 Å². The number of benzene rings is 1. The van der Waals surface area contributed by atoms with Crippen LogP contribution in [0.5, 0.6) is 0 Å². The quantitative estimate of drug-likeness (QED) is 0.810. The number of hydrogen-bond donors (Lipinski definition) is 1. The molecular weight excluding hydrogens is 320 g/mol. The molecule has 20 heavy (non-hydrogen) atoms. The number of anilines is 1. The first-order valence-electron chi connectivity index (χ1n) is 6.89. The Morgan fingerprint density at radius 3 is 2.80 bits per heavy atom. The van der Waals surface area contributed by atoms with Crippen LogP contribution in [0.15, 0.2) is 22.7 Å². The van der Waals surface area contributed by atoms with Crippen LogP contribution in [0.4, 0.5) is 5.69 Å². The minimum Gasteiger partial charge on any atom is -0.398 e. The molecule has 1 atom stereocenters. The first kappa shape index (κ1) is 15.3. The smallest absolute Gasteiger partial charge is 0.254 e. The molecule has 1 aromatic carbocycles. The van der Waals surface area contributed by atoms with Gasteiger partial charge >= 0.3 is 0 Å². The number of nitrogens with zero attached hydrogens (tertiary/aromatic N) is 1. The zero-order chi connectivity index (χ0) is 14.7. The van der Waals surface area contributed by atoms with Crippen LogP contribution >= 0.6 is 15.9 Å². The molecule has 1 aliphatic rings. The van der Waals surface area contributed by atoms with Crippen LogP contribution in [0.25, 0.3) is 0 Å². The molecule has 0 bridgehead atoms. The Kier molecular flexibility index (Phi) is 5.05. The fraction of sp³-hybridized carbons (Fsp3) is 0.533. The summed E-state index contributed by atoms with van der Waals surface area (Å²) in [5, 5.41) is 0. The summed E-state index contributed by atoms with van der Waals surface area (Å²) in [6, 6.07) is 5.61. The van der Waals surface area contributed by atoms with Crippen LogP contribution in [-0.2, 0) is 4.74 Å². The number of nitrogen functional groups attached to an aromatic ring is 1. The number of rotatable bonds is 6. The van der Waals surface area contributed by atoms with Gasteiger partial charge in [-0.05, 0) is 59.8 Å². The highest BCUT2D eigenvalue weighted by atomic mass is 79.9. The number of nitrogens with two attached hydrogens (primary N) is 1. The average molecular weight is 341 g/mol. The van der Waals surface area contributed by atoms with Crippen molar-refractivity contribution in [2.45, 2.75) is 25.8 Å². The lowest BCUT2D eigenvalue weighted by Crippen LogP contribution is -2.42. The van der Waals surface area contributed by atoms with Crippen LogP contribution < -0.4 is 5.73 Å². The molecule has 4 nitrogen and oxygen atoms in total. The maximum absolute atomic E-state index is 12.7. The minimum atomic E-state index is 0.0284. The van der Waals surface area contributed by atoms with Gasteiger partial charge < -0.3 is 15.4 Å². The highest BCUT2D eigenvalue weighted by Gasteiger charge is 2.34. The van der Waals surface area contributed by atoms with Gasteiger partial charge in [-0.3, -0.25) is 4.79 Å². The third-order valence-corrected chi connectivity index (χ3v) is 4.56. The lowest BCUT2D eigenvalue weighted by Gasteiger charge is -2.29. The van der Waals surface area contributed by atoms with Crippen molar-refractivity contribution in [2.24, 2.45) is 5.92 Å². The minimum absolute atomic E-state index is 0.0284. The Balaban J connectivity index is 2.17. The topological polar surface area (TPSA) is 55.6 Å². The summed E-state index contributed by atoms with van der Waals surface area (Å²) in [4.78, 5) is 14.6. The van der Waals surface area contributed by atoms with Crippen molar-refractivity contribution < 1.29 is 9.53 Å². The van der Waals surface area contributed by atoms with E-state index in [1.54, 1.807) is 13.2 Å². The van der Waals surface area contributed by atoms with Crippen LogP contribution in [0.1, 0.15) is 30.1 Å². The van der Waals surface area contributed by atoms with Crippen molar-refractivity contribution in [3.63, 3.8) is 0 Å². The van der Waals surface area contributed by atoms with Crippen molar-refractivity contribution in [1.82, 2.24) is 4.90 Å². The number of methoxy groups -OCH3 is 1. The molecule has 0 aliphatic heterocycles. The van der Waals surface area contributed by atoms with E-state index < -0.39 is 0 Å². The second kappa shape index (κ2) is 6.59. The number of carbonyl (C=O) groups excluding carboxylic acids is 1. The van der Waals surface area contributed by atoms with E-state index in [1.807, 2.05) is 17.0 Å². The van der Waals surface area contributed by atoms with Gasteiger partial charge in [0.1, 0.15) is 0 Å². The third-order valence-electron chi connectivity index (χ3n) is 3.84. The van der Waals surface area contributed by atoms with E-state index in [4.69, 9.17) is 10.5 Å². The zero-order valence-corrected chi connectivity index (χ0v) is 13.5. The Bertz CT molecular complexity index is 489. The van der Waals surface area contributed by atoms with E-state index in [0.29, 0.717) is 30.3 Å². The summed E-state index contributed by atoms with van der Waals surface area (Å²) < 4.78 is 5.94. The fourth-order valence-corrected chi connectivity index (χ4v) is 2.60. The molecule has 1 unspecified atom stereocenters. The lowest BCUT2D eigenvalue weighted by molar-refractivity contribution is 0.0594. The second-order valence-corrected chi connectivity index (χ2v) is 6.16. The predicted octanol–water partition coefficient (Wildman–Crippen LogP) is 2.92. The summed E-state index contributed by atoms with van der Waals surface area (Å²) in [7, 11) is 1.65. The van der Waals surface area contributed by atoms with E-state index in [-0.39, 0.29) is 11.9 Å². The van der Waals surface area contributed by atoms with E-state index in [2.05, 4.69) is 22.9 Å². The summed E-state index contributed by atoms with van der Waals surface area (Å²) >= 11 is 3.35. The Labute approximate surface area is 128 Å². The average Bonchev–Trinajstić information content (AvgIpc) is 3.26. The van der Waals surface area contributed by atoms with Crippen molar-refractivity contribution in [2.75, 3.05) is 26.0 Å². The highest BCUT2D eigenvalue weighted by Crippen LogP contribution is 2.35. The maximum Gasteiger partial charge on any atom is 0.254 e. The van der Waals surface area contributed by atoms with E-state index >= 15 is 0 Å². The number of halogens is 1. The van der Waals surface area contributed by atoms with Gasteiger partial charge in [0.05, 0.1) is 6.61 Å². The van der Waals surface area contributed by atoms with E-state index in [1.165, 1.54) is 12.8 Å². The normalized spacial score (nSPS) is 15.9. The molecular formula is C15H21BrN2O2. The SMILES string of the molecule is COCCN(C(=O)c1ccc(Br)c(N)c1)C(C)C1CC1. The Hall–Kier alpha value is -1.07. The van der Waals surface area contributed by atoms with Gasteiger partial charge in [0.25, 0.3) is 5.91 Å². The zero-order valence-electron chi connectivity index (χ0n) is 11.9. The summed E-state index contributed by atoms with van der Waals surface area (Å²) in [5.74, 6) is 0.657. The third kappa shape index (κ3) is 3.52. The van der Waals surface area contributed by atoms with E-state index in [0.717, 1.165) is 4.47 Å². The fourth-order valence-electron chi connectivity index (χ4n) is 2.36. The molecule has 1 aliphatic carbocycles. The molecule has 5 heteroatoms. The largest absolute Gasteiger partial charge is 0.398 e. The van der Waals surface area contributed by atoms with Crippen molar-refractivity contribution in [3.05, 3.63) is 28.2 Å². The molecule has 2 N–H and O–H groups in total. The number of hydrogen-bond acceptors (Lipinski definition) is 3. The van der Waals surface area contributed by atoms with Gasteiger partial charge in [0.2, 0.25) is 0 Å². The Morgan fingerprint density at radius 2 is 2.25 bits per heavy atom. The number of carbonyl (C=O) groups is 1. The number of ether oxygens (including phenoxy) is 1. The highest BCUT2D eigenvalue weighted by molar-refractivity contribution is 9.10. The van der Waals surface area contributed by atoms with Gasteiger partial charge in [-0.2, -0.15) is 0 Å². The molecule has 0 aromatic heterocycles. The Morgan fingerprint density at radius 1 is 1.55 bits per heavy atom. The molecule has 0 saturated heterocycles. The van der Waals surface area contributed by atoms with Gasteiger partial charge in [0, 0.05) is 35.4 Å². The first-order valence-corrected chi connectivity index (χ1v) is 7.68. The van der Waals surface area contributed by atoms with Gasteiger partial charge in [-0.15, -0.1) is 0 Å². The molecule has 1 fully saturated rings. The molecule has 110 valence electrons. The van der Waals surface area contributed by atoms with Crippen LogP contribution in [-0.4, -0.2) is 37.1 Å². The molecule has 1 aromatic rings. The summed E-state index contributed by atoms with van der Waals surface area (Å²) in [6.45, 7) is 3.28. The summed E-state index contributed by atoms with van der Waals surface area (Å²) in [5.41, 5.74) is 7.08. The van der Waals surface area contributed by atoms with Crippen LogP contribution in [0.3, 0.4) is 0 Å². The van der Waals surface area contributed by atoms with Gasteiger partial charge in [-0.1, -0.05) is 0 Å². The second-order valence-electron chi connectivity index (χ2n) is 5.31. The van der Waals surface area contributed by atoms with Crippen molar-refractivity contribution in [1.29, 1.82) is 0 Å². The standard InChI is InChI=1S/C15H21BrN2O2/c1-10(11-3-4-11)18(7-8-20-2)15(19)12-5-6-13(16)14(17)9-12/h5-6,9-11H,3-4,7-8,17H2,1-2H3. The van der Waals surface area contributed by atoms with Gasteiger partial charge in [-0.25, -0.2) is 0 Å². The molecule has 0 radical (unpaired) electrons. The molecule has 1 amide bonds. The molecule has 0 spiro atoms. The molecule has 2 rings (SSSR count). The van der Waals surface area contributed by atoms with Crippen LogP contribution in [0, 0.1) is 5.92 Å². The van der Waals surface area contributed by atoms with E-state index in [9.17, 15) is 4.79 Å². The van der Waals surface area contributed by atoms with Crippen molar-refractivity contribution in [3.8, 4) is 0 Å². The van der Waals surface area contributed by atoms with Crippen molar-refractivity contribution >= 4 is 27.5 Å². The first-order chi connectivity index (χ1) is 9.54. The summed E-state index contributed by atoms with van der Waals surface area (Å²) in [6.07, 6.45) is 2.42. The molecule has 0 heterocycles. The maximum atomic E-state index is 12.7. The lowest BCUT2D eigenvalue weighted by atomic mass is 10.1. The number of amides is 1. The predicted molar refractivity (Wildman–Crippen MR) is 83.7 cm³/mol. The van der Waals surface area contributed by atoms with Crippen LogP contribution in [0.2, 0.25) is 0 Å².